The summed E-state index contributed by atoms with van der Waals surface area (Å²) in [5, 5.41) is 11.7. The molecule has 2 heterocycles. The summed E-state index contributed by atoms with van der Waals surface area (Å²) in [6.45, 7) is 3.87. The maximum Gasteiger partial charge on any atom is 0.274 e. The van der Waals surface area contributed by atoms with Crippen LogP contribution >= 0.6 is 0 Å². The smallest absolute Gasteiger partial charge is 0.274 e. The van der Waals surface area contributed by atoms with E-state index >= 15 is 0 Å². The van der Waals surface area contributed by atoms with E-state index in [0.29, 0.717) is 17.7 Å². The van der Waals surface area contributed by atoms with Crippen LogP contribution in [0.3, 0.4) is 0 Å². The first-order valence-electron chi connectivity index (χ1n) is 8.12. The van der Waals surface area contributed by atoms with Gasteiger partial charge in [0.1, 0.15) is 5.82 Å². The second kappa shape index (κ2) is 6.41. The summed E-state index contributed by atoms with van der Waals surface area (Å²) in [5.41, 5.74) is 0.459. The largest absolute Gasteiger partial charge is 0.366 e. The van der Waals surface area contributed by atoms with Crippen molar-refractivity contribution in [2.75, 3.05) is 18.4 Å². The molecule has 1 aromatic heterocycles. The highest BCUT2D eigenvalue weighted by Crippen LogP contribution is 2.21. The molecule has 1 aromatic rings. The standard InChI is InChI=1S/C16H24N4O/c1-12-5-4-10-20(11-12)16(21)14-8-9-15(19-18-14)17-13-6-2-3-7-13/h8-9,12-13H,2-7,10-11H2,1H3,(H,17,19). The zero-order chi connectivity index (χ0) is 14.7. The highest BCUT2D eigenvalue weighted by atomic mass is 16.2. The molecule has 3 rings (SSSR count). The highest BCUT2D eigenvalue weighted by molar-refractivity contribution is 5.92. The molecule has 1 amide bonds. The molecule has 2 aliphatic rings. The van der Waals surface area contributed by atoms with Crippen LogP contribution in [0.25, 0.3) is 0 Å². The molecule has 0 spiro atoms. The topological polar surface area (TPSA) is 58.1 Å². The summed E-state index contributed by atoms with van der Waals surface area (Å²) in [7, 11) is 0. The maximum atomic E-state index is 12.4. The van der Waals surface area contributed by atoms with Crippen molar-refractivity contribution in [3.05, 3.63) is 17.8 Å². The van der Waals surface area contributed by atoms with E-state index in [1.54, 1.807) is 6.07 Å². The summed E-state index contributed by atoms with van der Waals surface area (Å²) < 4.78 is 0. The van der Waals surface area contributed by atoms with Gasteiger partial charge in [-0.05, 0) is 43.7 Å². The number of anilines is 1. The van der Waals surface area contributed by atoms with Crippen LogP contribution in [0, 0.1) is 5.92 Å². The quantitative estimate of drug-likeness (QED) is 0.929. The normalized spacial score (nSPS) is 23.3. The first kappa shape index (κ1) is 14.3. The Labute approximate surface area is 126 Å². The monoisotopic (exact) mass is 288 g/mol. The molecule has 1 saturated carbocycles. The van der Waals surface area contributed by atoms with Crippen molar-refractivity contribution in [3.8, 4) is 0 Å². The summed E-state index contributed by atoms with van der Waals surface area (Å²) in [5.74, 6) is 1.38. The number of carbonyl (C=O) groups excluding carboxylic acids is 1. The van der Waals surface area contributed by atoms with Crippen molar-refractivity contribution in [3.63, 3.8) is 0 Å². The molecule has 0 bridgehead atoms. The van der Waals surface area contributed by atoms with E-state index in [-0.39, 0.29) is 5.91 Å². The van der Waals surface area contributed by atoms with Gasteiger partial charge in [-0.15, -0.1) is 10.2 Å². The lowest BCUT2D eigenvalue weighted by Crippen LogP contribution is -2.39. The van der Waals surface area contributed by atoms with Crippen molar-refractivity contribution < 1.29 is 4.79 Å². The molecule has 114 valence electrons. The minimum absolute atomic E-state index is 0.0152. The number of carbonyl (C=O) groups is 1. The molecule has 2 fully saturated rings. The first-order valence-corrected chi connectivity index (χ1v) is 8.12. The lowest BCUT2D eigenvalue weighted by atomic mass is 10.00. The molecule has 1 atom stereocenters. The Balaban J connectivity index is 1.61. The number of hydrogen-bond acceptors (Lipinski definition) is 4. The molecule has 5 nitrogen and oxygen atoms in total. The number of hydrogen-bond donors (Lipinski definition) is 1. The van der Waals surface area contributed by atoms with Gasteiger partial charge in [0.2, 0.25) is 0 Å². The van der Waals surface area contributed by atoms with Crippen LogP contribution < -0.4 is 5.32 Å². The van der Waals surface area contributed by atoms with E-state index < -0.39 is 0 Å². The van der Waals surface area contributed by atoms with Gasteiger partial charge in [-0.1, -0.05) is 19.8 Å². The number of nitrogens with one attached hydrogen (secondary N) is 1. The number of likely N-dealkylation sites (tertiary alicyclic amines) is 1. The molecular weight excluding hydrogens is 264 g/mol. The van der Waals surface area contributed by atoms with Crippen LogP contribution in [0.4, 0.5) is 5.82 Å². The van der Waals surface area contributed by atoms with E-state index in [2.05, 4.69) is 22.4 Å². The summed E-state index contributed by atoms with van der Waals surface area (Å²) in [6, 6.07) is 4.20. The van der Waals surface area contributed by atoms with Gasteiger partial charge in [0.15, 0.2) is 5.69 Å². The van der Waals surface area contributed by atoms with Crippen molar-refractivity contribution in [1.29, 1.82) is 0 Å². The van der Waals surface area contributed by atoms with Crippen molar-refractivity contribution in [1.82, 2.24) is 15.1 Å². The zero-order valence-corrected chi connectivity index (χ0v) is 12.7. The van der Waals surface area contributed by atoms with Gasteiger partial charge in [0.25, 0.3) is 5.91 Å². The fourth-order valence-corrected chi connectivity index (χ4v) is 3.34. The van der Waals surface area contributed by atoms with Gasteiger partial charge in [0.05, 0.1) is 0 Å². The predicted molar refractivity (Wildman–Crippen MR) is 82.2 cm³/mol. The molecule has 21 heavy (non-hydrogen) atoms. The van der Waals surface area contributed by atoms with Gasteiger partial charge in [-0.3, -0.25) is 4.79 Å². The minimum atomic E-state index is 0.0152. The van der Waals surface area contributed by atoms with Gasteiger partial charge in [-0.2, -0.15) is 0 Å². The third-order valence-corrected chi connectivity index (χ3v) is 4.54. The van der Waals surface area contributed by atoms with Crippen LogP contribution in [0.2, 0.25) is 0 Å². The van der Waals surface area contributed by atoms with E-state index in [4.69, 9.17) is 0 Å². The predicted octanol–water partition coefficient (Wildman–Crippen LogP) is 2.70. The molecule has 1 aliphatic heterocycles. The van der Waals surface area contributed by atoms with E-state index in [1.807, 2.05) is 11.0 Å². The second-order valence-electron chi connectivity index (χ2n) is 6.43. The summed E-state index contributed by atoms with van der Waals surface area (Å²) >= 11 is 0. The third-order valence-electron chi connectivity index (χ3n) is 4.54. The summed E-state index contributed by atoms with van der Waals surface area (Å²) in [6.07, 6.45) is 7.27. The van der Waals surface area contributed by atoms with Gasteiger partial charge >= 0.3 is 0 Å². The number of nitrogens with zero attached hydrogens (tertiary/aromatic N) is 3. The molecule has 0 aromatic carbocycles. The van der Waals surface area contributed by atoms with Crippen molar-refractivity contribution >= 4 is 11.7 Å². The van der Waals surface area contributed by atoms with Gasteiger partial charge < -0.3 is 10.2 Å². The molecule has 0 radical (unpaired) electrons. The highest BCUT2D eigenvalue weighted by Gasteiger charge is 2.23. The number of aromatic nitrogens is 2. The molecule has 5 heteroatoms. The Morgan fingerprint density at radius 3 is 2.67 bits per heavy atom. The van der Waals surface area contributed by atoms with Gasteiger partial charge in [-0.25, -0.2) is 0 Å². The molecule has 1 saturated heterocycles. The van der Waals surface area contributed by atoms with Crippen LogP contribution in [0.15, 0.2) is 12.1 Å². The first-order chi connectivity index (χ1) is 10.2. The number of piperidine rings is 1. The van der Waals surface area contributed by atoms with Gasteiger partial charge in [0, 0.05) is 19.1 Å². The van der Waals surface area contributed by atoms with Crippen LogP contribution in [0.5, 0.6) is 0 Å². The van der Waals surface area contributed by atoms with Crippen molar-refractivity contribution in [2.45, 2.75) is 51.5 Å². The Hall–Kier alpha value is -1.65. The lowest BCUT2D eigenvalue weighted by molar-refractivity contribution is 0.0676. The van der Waals surface area contributed by atoms with E-state index in [9.17, 15) is 4.79 Å². The van der Waals surface area contributed by atoms with Crippen LogP contribution in [0.1, 0.15) is 55.9 Å². The summed E-state index contributed by atoms with van der Waals surface area (Å²) in [4.78, 5) is 14.3. The fourth-order valence-electron chi connectivity index (χ4n) is 3.34. The second-order valence-corrected chi connectivity index (χ2v) is 6.43. The average Bonchev–Trinajstić information content (AvgIpc) is 3.00. The van der Waals surface area contributed by atoms with Crippen LogP contribution in [-0.2, 0) is 0 Å². The van der Waals surface area contributed by atoms with Crippen molar-refractivity contribution in [2.24, 2.45) is 5.92 Å². The number of rotatable bonds is 3. The Kier molecular flexibility index (Phi) is 4.36. The molecule has 1 unspecified atom stereocenters. The van der Waals surface area contributed by atoms with E-state index in [0.717, 1.165) is 25.3 Å². The lowest BCUT2D eigenvalue weighted by Gasteiger charge is -2.30. The molecule has 1 aliphatic carbocycles. The minimum Gasteiger partial charge on any atom is -0.366 e. The Morgan fingerprint density at radius 2 is 2.00 bits per heavy atom. The SMILES string of the molecule is CC1CCCN(C(=O)c2ccc(NC3CCCC3)nn2)C1. The van der Waals surface area contributed by atoms with E-state index in [1.165, 1.54) is 32.1 Å². The Bertz CT molecular complexity index is 482. The maximum absolute atomic E-state index is 12.4. The number of amides is 1. The third kappa shape index (κ3) is 3.52. The van der Waals surface area contributed by atoms with Crippen LogP contribution in [-0.4, -0.2) is 40.1 Å². The molecule has 1 N–H and O–H groups in total. The average molecular weight is 288 g/mol. The molecular formula is C16H24N4O. The fraction of sp³-hybridized carbons (Fsp3) is 0.688. The Morgan fingerprint density at radius 1 is 1.19 bits per heavy atom. The zero-order valence-electron chi connectivity index (χ0n) is 12.7.